The van der Waals surface area contributed by atoms with Crippen LogP contribution in [0.1, 0.15) is 66.0 Å². The van der Waals surface area contributed by atoms with Gasteiger partial charge in [-0.2, -0.15) is 0 Å². The number of likely N-dealkylation sites (tertiary alicyclic amines) is 1. The zero-order chi connectivity index (χ0) is 19.8. The van der Waals surface area contributed by atoms with E-state index in [9.17, 15) is 4.79 Å². The Kier molecular flexibility index (Phi) is 4.79. The zero-order valence-electron chi connectivity index (χ0n) is 16.7. The molecule has 1 aliphatic heterocycles. The van der Waals surface area contributed by atoms with E-state index >= 15 is 0 Å². The third kappa shape index (κ3) is 3.13. The lowest BCUT2D eigenvalue weighted by molar-refractivity contribution is 0.0737. The average molecular weight is 379 g/mol. The van der Waals surface area contributed by atoms with Crippen molar-refractivity contribution in [2.24, 2.45) is 0 Å². The third-order valence-corrected chi connectivity index (χ3v) is 5.45. The molecule has 0 N–H and O–H groups in total. The summed E-state index contributed by atoms with van der Waals surface area (Å²) in [4.78, 5) is 20.1. The summed E-state index contributed by atoms with van der Waals surface area (Å²) in [5.41, 5.74) is 3.69. The van der Waals surface area contributed by atoms with E-state index in [1.165, 1.54) is 0 Å². The second kappa shape index (κ2) is 7.26. The first-order chi connectivity index (χ1) is 13.5. The van der Waals surface area contributed by atoms with E-state index in [4.69, 9.17) is 9.26 Å². The molecule has 2 aromatic heterocycles. The minimum atomic E-state index is 0.00548. The van der Waals surface area contributed by atoms with E-state index in [2.05, 4.69) is 30.1 Å². The number of pyridine rings is 1. The predicted molar refractivity (Wildman–Crippen MR) is 107 cm³/mol. The summed E-state index contributed by atoms with van der Waals surface area (Å²) in [5.74, 6) is 1.00. The standard InChI is InChI=1S/C22H25N3O3/c1-13(2)18-12-17(20-14(3)24-28-21(20)23-18)22(26)25-10-6-9-19(25)15-7-5-8-16(11-15)27-4/h5,7-8,11-13,19H,6,9-10H2,1-4H3/t19-/m0/s1. The normalized spacial score (nSPS) is 16.9. The van der Waals surface area contributed by atoms with Crippen LogP contribution in [0.5, 0.6) is 5.75 Å². The fraction of sp³-hybridized carbons (Fsp3) is 0.409. The number of aryl methyl sites for hydroxylation is 1. The minimum absolute atomic E-state index is 0.00548. The van der Waals surface area contributed by atoms with Crippen LogP contribution in [0, 0.1) is 6.92 Å². The van der Waals surface area contributed by atoms with Crippen LogP contribution in [0.3, 0.4) is 0 Å². The summed E-state index contributed by atoms with van der Waals surface area (Å²) in [6.07, 6.45) is 1.91. The topological polar surface area (TPSA) is 68.5 Å². The number of benzene rings is 1. The number of nitrogens with zero attached hydrogens (tertiary/aromatic N) is 3. The molecule has 0 bridgehead atoms. The molecule has 1 amide bonds. The van der Waals surface area contributed by atoms with Gasteiger partial charge in [0.15, 0.2) is 0 Å². The van der Waals surface area contributed by atoms with E-state index in [0.717, 1.165) is 36.4 Å². The van der Waals surface area contributed by atoms with Crippen LogP contribution < -0.4 is 4.74 Å². The Morgan fingerprint density at radius 3 is 2.89 bits per heavy atom. The highest BCUT2D eigenvalue weighted by Gasteiger charge is 2.33. The molecule has 0 unspecified atom stereocenters. The number of amides is 1. The van der Waals surface area contributed by atoms with E-state index in [1.54, 1.807) is 7.11 Å². The molecule has 3 aromatic rings. The summed E-state index contributed by atoms with van der Waals surface area (Å²) in [6.45, 7) is 6.69. The van der Waals surface area contributed by atoms with Crippen molar-refractivity contribution in [3.63, 3.8) is 0 Å². The van der Waals surface area contributed by atoms with Gasteiger partial charge in [0.1, 0.15) is 5.75 Å². The van der Waals surface area contributed by atoms with Gasteiger partial charge in [-0.3, -0.25) is 4.79 Å². The Morgan fingerprint density at radius 2 is 2.14 bits per heavy atom. The Labute approximate surface area is 164 Å². The zero-order valence-corrected chi connectivity index (χ0v) is 16.7. The maximum atomic E-state index is 13.6. The van der Waals surface area contributed by atoms with Gasteiger partial charge < -0.3 is 14.2 Å². The van der Waals surface area contributed by atoms with Crippen LogP contribution >= 0.6 is 0 Å². The molecule has 28 heavy (non-hydrogen) atoms. The van der Waals surface area contributed by atoms with Gasteiger partial charge >= 0.3 is 0 Å². The molecule has 0 radical (unpaired) electrons. The second-order valence-electron chi connectivity index (χ2n) is 7.63. The molecular weight excluding hydrogens is 354 g/mol. The number of aromatic nitrogens is 2. The Morgan fingerprint density at radius 1 is 1.32 bits per heavy atom. The third-order valence-electron chi connectivity index (χ3n) is 5.45. The first-order valence-corrected chi connectivity index (χ1v) is 9.71. The van der Waals surface area contributed by atoms with Crippen molar-refractivity contribution in [1.29, 1.82) is 0 Å². The summed E-state index contributed by atoms with van der Waals surface area (Å²) in [7, 11) is 1.66. The lowest BCUT2D eigenvalue weighted by atomic mass is 10.0. The number of rotatable bonds is 4. The summed E-state index contributed by atoms with van der Waals surface area (Å²) < 4.78 is 10.8. The van der Waals surface area contributed by atoms with E-state index < -0.39 is 0 Å². The number of carbonyl (C=O) groups is 1. The van der Waals surface area contributed by atoms with Crippen molar-refractivity contribution >= 4 is 17.0 Å². The van der Waals surface area contributed by atoms with Crippen molar-refractivity contribution in [2.45, 2.75) is 45.6 Å². The second-order valence-corrected chi connectivity index (χ2v) is 7.63. The first-order valence-electron chi connectivity index (χ1n) is 9.71. The molecule has 3 heterocycles. The molecule has 1 aliphatic rings. The molecule has 1 saturated heterocycles. The molecule has 6 nitrogen and oxygen atoms in total. The predicted octanol–water partition coefficient (Wildman–Crippen LogP) is 4.64. The number of carbonyl (C=O) groups excluding carboxylic acids is 1. The van der Waals surface area contributed by atoms with E-state index in [1.807, 2.05) is 36.1 Å². The fourth-order valence-electron chi connectivity index (χ4n) is 3.94. The number of fused-ring (bicyclic) bond motifs is 1. The summed E-state index contributed by atoms with van der Waals surface area (Å²) in [5, 5.41) is 4.75. The maximum Gasteiger partial charge on any atom is 0.259 e. The van der Waals surface area contributed by atoms with Gasteiger partial charge in [-0.1, -0.05) is 31.1 Å². The van der Waals surface area contributed by atoms with Crippen LogP contribution in [0.4, 0.5) is 0 Å². The number of hydrogen-bond acceptors (Lipinski definition) is 5. The molecule has 6 heteroatoms. The highest BCUT2D eigenvalue weighted by molar-refractivity contribution is 6.06. The quantitative estimate of drug-likeness (QED) is 0.660. The van der Waals surface area contributed by atoms with Gasteiger partial charge in [-0.25, -0.2) is 4.98 Å². The van der Waals surface area contributed by atoms with E-state index in [-0.39, 0.29) is 17.9 Å². The fourth-order valence-corrected chi connectivity index (χ4v) is 3.94. The molecule has 1 aromatic carbocycles. The average Bonchev–Trinajstić information content (AvgIpc) is 3.34. The molecule has 0 aliphatic carbocycles. The van der Waals surface area contributed by atoms with Crippen molar-refractivity contribution in [3.05, 3.63) is 52.8 Å². The highest BCUT2D eigenvalue weighted by atomic mass is 16.5. The molecular formula is C22H25N3O3. The summed E-state index contributed by atoms with van der Waals surface area (Å²) >= 11 is 0. The Bertz CT molecular complexity index is 1030. The smallest absolute Gasteiger partial charge is 0.259 e. The van der Waals surface area contributed by atoms with Crippen LogP contribution in [-0.4, -0.2) is 34.6 Å². The first kappa shape index (κ1) is 18.5. The van der Waals surface area contributed by atoms with Gasteiger partial charge in [-0.05, 0) is 49.4 Å². The van der Waals surface area contributed by atoms with Crippen LogP contribution in [0.25, 0.3) is 11.1 Å². The lowest BCUT2D eigenvalue weighted by Gasteiger charge is -2.26. The van der Waals surface area contributed by atoms with Crippen LogP contribution in [0.15, 0.2) is 34.9 Å². The molecule has 146 valence electrons. The van der Waals surface area contributed by atoms with Crippen LogP contribution in [0.2, 0.25) is 0 Å². The Hall–Kier alpha value is -2.89. The van der Waals surface area contributed by atoms with Crippen molar-refractivity contribution in [2.75, 3.05) is 13.7 Å². The van der Waals surface area contributed by atoms with E-state index in [0.29, 0.717) is 22.4 Å². The SMILES string of the molecule is COc1cccc([C@@H]2CCCN2C(=O)c2cc(C(C)C)nc3onc(C)c23)c1. The Balaban J connectivity index is 1.77. The van der Waals surface area contributed by atoms with Gasteiger partial charge in [0, 0.05) is 12.2 Å². The monoisotopic (exact) mass is 379 g/mol. The largest absolute Gasteiger partial charge is 0.497 e. The molecule has 4 rings (SSSR count). The highest BCUT2D eigenvalue weighted by Crippen LogP contribution is 2.36. The molecule has 0 spiro atoms. The minimum Gasteiger partial charge on any atom is -0.497 e. The molecule has 0 saturated carbocycles. The molecule has 1 fully saturated rings. The van der Waals surface area contributed by atoms with Gasteiger partial charge in [0.05, 0.1) is 29.8 Å². The number of methoxy groups -OCH3 is 1. The maximum absolute atomic E-state index is 13.6. The lowest BCUT2D eigenvalue weighted by Crippen LogP contribution is -2.31. The van der Waals surface area contributed by atoms with Gasteiger partial charge in [0.2, 0.25) is 0 Å². The van der Waals surface area contributed by atoms with Crippen molar-refractivity contribution in [3.8, 4) is 5.75 Å². The molecule has 1 atom stereocenters. The van der Waals surface area contributed by atoms with Crippen molar-refractivity contribution < 1.29 is 14.1 Å². The number of ether oxygens (including phenoxy) is 1. The van der Waals surface area contributed by atoms with Crippen molar-refractivity contribution in [1.82, 2.24) is 15.0 Å². The summed E-state index contributed by atoms with van der Waals surface area (Å²) in [6, 6.07) is 9.91. The number of hydrogen-bond donors (Lipinski definition) is 0. The van der Waals surface area contributed by atoms with Gasteiger partial charge in [-0.15, -0.1) is 0 Å². The van der Waals surface area contributed by atoms with Crippen LogP contribution in [-0.2, 0) is 0 Å². The van der Waals surface area contributed by atoms with Gasteiger partial charge in [0.25, 0.3) is 11.6 Å².